The molecule has 3 nitrogen and oxygen atoms in total. The maximum absolute atomic E-state index is 12.0. The fourth-order valence-corrected chi connectivity index (χ4v) is 1.95. The van der Waals surface area contributed by atoms with Crippen LogP contribution in [0.2, 0.25) is 0 Å². The summed E-state index contributed by atoms with van der Waals surface area (Å²) in [5.41, 5.74) is 5.44. The second kappa shape index (κ2) is 4.38. The Hall–Kier alpha value is -0.780. The minimum absolute atomic E-state index is 0.187. The van der Waals surface area contributed by atoms with E-state index in [1.165, 1.54) is 4.90 Å². The standard InChI is InChI=1S/C9H15F3N2O/c1-6-2-3-14(7(6)5-13)8(15)4-9(10,11)12/h6-7H,2-5,13H2,1H3. The van der Waals surface area contributed by atoms with Gasteiger partial charge in [-0.3, -0.25) is 4.79 Å². The molecule has 0 radical (unpaired) electrons. The summed E-state index contributed by atoms with van der Waals surface area (Å²) in [7, 11) is 0. The molecule has 0 aliphatic carbocycles. The van der Waals surface area contributed by atoms with Gasteiger partial charge in [-0.15, -0.1) is 0 Å². The Labute approximate surface area is 86.4 Å². The fraction of sp³-hybridized carbons (Fsp3) is 0.889. The largest absolute Gasteiger partial charge is 0.397 e. The molecule has 2 N–H and O–H groups in total. The number of carbonyl (C=O) groups excluding carboxylic acids is 1. The molecule has 0 aromatic carbocycles. The summed E-state index contributed by atoms with van der Waals surface area (Å²) >= 11 is 0. The van der Waals surface area contributed by atoms with Crippen molar-refractivity contribution in [2.45, 2.75) is 32.0 Å². The molecule has 1 fully saturated rings. The number of nitrogens with two attached hydrogens (primary N) is 1. The smallest absolute Gasteiger partial charge is 0.338 e. The average Bonchev–Trinajstić information content (AvgIpc) is 2.43. The zero-order chi connectivity index (χ0) is 11.6. The average molecular weight is 224 g/mol. The Balaban J connectivity index is 2.60. The van der Waals surface area contributed by atoms with E-state index < -0.39 is 18.5 Å². The first-order chi connectivity index (χ1) is 6.85. The molecule has 0 aromatic rings. The second-order valence-electron chi connectivity index (χ2n) is 3.95. The van der Waals surface area contributed by atoms with Crippen molar-refractivity contribution >= 4 is 5.91 Å². The van der Waals surface area contributed by atoms with Crippen LogP contribution >= 0.6 is 0 Å². The van der Waals surface area contributed by atoms with Gasteiger partial charge in [-0.1, -0.05) is 6.92 Å². The predicted molar refractivity (Wildman–Crippen MR) is 49.0 cm³/mol. The number of hydrogen-bond donors (Lipinski definition) is 1. The molecule has 0 spiro atoms. The first kappa shape index (κ1) is 12.3. The maximum atomic E-state index is 12.0. The van der Waals surface area contributed by atoms with Crippen molar-refractivity contribution in [3.05, 3.63) is 0 Å². The lowest BCUT2D eigenvalue weighted by Gasteiger charge is -2.26. The highest BCUT2D eigenvalue weighted by molar-refractivity contribution is 5.77. The van der Waals surface area contributed by atoms with Crippen LogP contribution in [0.25, 0.3) is 0 Å². The molecule has 1 rings (SSSR count). The number of likely N-dealkylation sites (tertiary alicyclic amines) is 1. The van der Waals surface area contributed by atoms with Crippen molar-refractivity contribution in [1.29, 1.82) is 0 Å². The highest BCUT2D eigenvalue weighted by atomic mass is 19.4. The highest BCUT2D eigenvalue weighted by Gasteiger charge is 2.39. The number of amides is 1. The maximum Gasteiger partial charge on any atom is 0.397 e. The van der Waals surface area contributed by atoms with Gasteiger partial charge in [0.25, 0.3) is 0 Å². The van der Waals surface area contributed by atoms with Crippen molar-refractivity contribution < 1.29 is 18.0 Å². The molecule has 6 heteroatoms. The SMILES string of the molecule is CC1CCN(C(=O)CC(F)(F)F)C1CN. The van der Waals surface area contributed by atoms with Gasteiger partial charge in [0.2, 0.25) is 5.91 Å². The summed E-state index contributed by atoms with van der Waals surface area (Å²) in [6, 6.07) is -0.236. The molecule has 0 saturated carbocycles. The third-order valence-corrected chi connectivity index (χ3v) is 2.80. The molecule has 1 aliphatic rings. The van der Waals surface area contributed by atoms with Crippen LogP contribution in [0.3, 0.4) is 0 Å². The molecule has 1 aliphatic heterocycles. The molecule has 88 valence electrons. The van der Waals surface area contributed by atoms with Gasteiger partial charge in [-0.05, 0) is 12.3 Å². The number of halogens is 3. The summed E-state index contributed by atoms with van der Waals surface area (Å²) in [4.78, 5) is 12.6. The number of alkyl halides is 3. The van der Waals surface area contributed by atoms with Crippen molar-refractivity contribution in [2.75, 3.05) is 13.1 Å². The molecular weight excluding hydrogens is 209 g/mol. The Kier molecular flexibility index (Phi) is 3.59. The topological polar surface area (TPSA) is 46.3 Å². The van der Waals surface area contributed by atoms with E-state index in [4.69, 9.17) is 5.73 Å². The van der Waals surface area contributed by atoms with E-state index in [9.17, 15) is 18.0 Å². The lowest BCUT2D eigenvalue weighted by atomic mass is 10.0. The molecular formula is C9H15F3N2O. The third kappa shape index (κ3) is 3.09. The van der Waals surface area contributed by atoms with Crippen LogP contribution in [-0.2, 0) is 4.79 Å². The van der Waals surface area contributed by atoms with Gasteiger partial charge in [0.05, 0.1) is 0 Å². The van der Waals surface area contributed by atoms with E-state index >= 15 is 0 Å². The molecule has 2 unspecified atom stereocenters. The lowest BCUT2D eigenvalue weighted by molar-refractivity contribution is -0.162. The number of carbonyl (C=O) groups is 1. The van der Waals surface area contributed by atoms with Gasteiger partial charge in [0.15, 0.2) is 0 Å². The van der Waals surface area contributed by atoms with Gasteiger partial charge in [-0.25, -0.2) is 0 Å². The van der Waals surface area contributed by atoms with Crippen LogP contribution in [0.4, 0.5) is 13.2 Å². The van der Waals surface area contributed by atoms with E-state index in [0.717, 1.165) is 6.42 Å². The van der Waals surface area contributed by atoms with Crippen molar-refractivity contribution in [3.8, 4) is 0 Å². The quantitative estimate of drug-likeness (QED) is 0.764. The Bertz CT molecular complexity index is 242. The molecule has 1 saturated heterocycles. The van der Waals surface area contributed by atoms with Gasteiger partial charge in [0.1, 0.15) is 6.42 Å². The highest BCUT2D eigenvalue weighted by Crippen LogP contribution is 2.27. The molecule has 1 heterocycles. The monoisotopic (exact) mass is 224 g/mol. The van der Waals surface area contributed by atoms with E-state index in [2.05, 4.69) is 0 Å². The van der Waals surface area contributed by atoms with E-state index in [-0.39, 0.29) is 18.5 Å². The molecule has 0 bridgehead atoms. The van der Waals surface area contributed by atoms with Gasteiger partial charge < -0.3 is 10.6 Å². The zero-order valence-electron chi connectivity index (χ0n) is 8.55. The molecule has 0 aromatic heterocycles. The predicted octanol–water partition coefficient (Wildman–Crippen LogP) is 1.13. The first-order valence-corrected chi connectivity index (χ1v) is 4.91. The lowest BCUT2D eigenvalue weighted by Crippen LogP contribution is -2.43. The Morgan fingerprint density at radius 2 is 2.13 bits per heavy atom. The van der Waals surface area contributed by atoms with Crippen LogP contribution in [-0.4, -0.2) is 36.1 Å². The minimum atomic E-state index is -4.43. The summed E-state index contributed by atoms with van der Waals surface area (Å²) < 4.78 is 36.0. The van der Waals surface area contributed by atoms with Crippen molar-refractivity contribution in [3.63, 3.8) is 0 Å². The molecule has 2 atom stereocenters. The van der Waals surface area contributed by atoms with Crippen LogP contribution in [0.5, 0.6) is 0 Å². The Morgan fingerprint density at radius 1 is 1.53 bits per heavy atom. The summed E-state index contributed by atoms with van der Waals surface area (Å²) in [5.74, 6) is -0.672. The number of rotatable bonds is 2. The first-order valence-electron chi connectivity index (χ1n) is 4.91. The normalized spacial score (nSPS) is 27.1. The summed E-state index contributed by atoms with van der Waals surface area (Å²) in [6.45, 7) is 2.51. The minimum Gasteiger partial charge on any atom is -0.338 e. The van der Waals surface area contributed by atoms with Gasteiger partial charge in [-0.2, -0.15) is 13.2 Å². The van der Waals surface area contributed by atoms with Gasteiger partial charge >= 0.3 is 6.18 Å². The fourth-order valence-electron chi connectivity index (χ4n) is 1.95. The van der Waals surface area contributed by atoms with Gasteiger partial charge in [0, 0.05) is 19.1 Å². The summed E-state index contributed by atoms with van der Waals surface area (Å²) in [6.07, 6.45) is -5.08. The van der Waals surface area contributed by atoms with E-state index in [0.29, 0.717) is 6.54 Å². The van der Waals surface area contributed by atoms with Crippen LogP contribution in [0, 0.1) is 5.92 Å². The van der Waals surface area contributed by atoms with E-state index in [1.54, 1.807) is 0 Å². The van der Waals surface area contributed by atoms with Crippen molar-refractivity contribution in [2.24, 2.45) is 11.7 Å². The second-order valence-corrected chi connectivity index (χ2v) is 3.95. The number of nitrogens with zero attached hydrogens (tertiary/aromatic N) is 1. The number of hydrogen-bond acceptors (Lipinski definition) is 2. The van der Waals surface area contributed by atoms with E-state index in [1.807, 2.05) is 6.92 Å². The third-order valence-electron chi connectivity index (χ3n) is 2.80. The van der Waals surface area contributed by atoms with Crippen molar-refractivity contribution in [1.82, 2.24) is 4.90 Å². The summed E-state index contributed by atoms with van der Waals surface area (Å²) in [5, 5.41) is 0. The Morgan fingerprint density at radius 3 is 2.60 bits per heavy atom. The zero-order valence-corrected chi connectivity index (χ0v) is 8.55. The van der Waals surface area contributed by atoms with Crippen LogP contribution in [0.1, 0.15) is 19.8 Å². The van der Waals surface area contributed by atoms with Crippen LogP contribution < -0.4 is 5.73 Å². The van der Waals surface area contributed by atoms with Crippen LogP contribution in [0.15, 0.2) is 0 Å². The molecule has 1 amide bonds. The molecule has 15 heavy (non-hydrogen) atoms.